The summed E-state index contributed by atoms with van der Waals surface area (Å²) in [4.78, 5) is 101. The van der Waals surface area contributed by atoms with Gasteiger partial charge in [0.1, 0.15) is 43.6 Å². The maximum atomic E-state index is 13.6. The van der Waals surface area contributed by atoms with E-state index in [0.29, 0.717) is 87.7 Å². The van der Waals surface area contributed by atoms with Crippen LogP contribution in [0.25, 0.3) is 33.8 Å². The molecule has 6 aliphatic heterocycles. The fraction of sp³-hybridized carbons (Fsp3) is 0.379. The van der Waals surface area contributed by atoms with Crippen molar-refractivity contribution < 1.29 is 111 Å². The molecule has 6 aliphatic rings. The standard InChI is InChI=1S/C30H38N6O8S.C29H36N6O8S.C28H34N6O8S/c1-32-19-22-5-3-6-24-28(22)44-18-17-43-16-15-42-14-13-36(12-4-7-26(37)41-2)45(39,40)23-10-8-21(9-11-23)25-20-33-29(31)27(34-25)30(38)35-24;1-31-18-21-4-3-5-23-27(21)43-17-16-42-15-14-41-13-12-35(11-10-25(36)40-2)44(38,39)22-8-6-20(7-9-22)24-19-32-28(30)26(33-24)29(37)34-23;1-30-16-20-4-3-5-22-26(20)42-15-14-41-13-12-40-11-10-34(18-24(35)39-2)43(37,38)21-8-6-19(7-9-21)23-17-31-27(29)25(32-23)28(36)33-22/h3,5-6,8-11,20,32H,4,7,12-19H2,1-2H3,(H2,31,33)(H,35,38);3-9,19,31H,10-18H2,1-2H3,(H2,30,32)(H,34,37);3-9,17,30H,10-16,18H2,1-2H3,(H2,29,31)(H,33,36). The Balaban J connectivity index is 0.000000205. The van der Waals surface area contributed by atoms with Crippen LogP contribution in [0.3, 0.4) is 0 Å². The molecule has 9 aromatic rings. The minimum absolute atomic E-state index is 0.00643. The van der Waals surface area contributed by atoms with Crippen LogP contribution in [-0.2, 0) is 107 Å². The molecule has 9 heterocycles. The van der Waals surface area contributed by atoms with Crippen LogP contribution < -0.4 is 63.3 Å². The van der Waals surface area contributed by atoms with Crippen LogP contribution in [0.2, 0.25) is 0 Å². The molecule has 12 bridgehead atoms. The Hall–Kier alpha value is -12.5. The number of rotatable bonds is 15. The number of nitrogens with two attached hydrogens (primary N) is 3. The van der Waals surface area contributed by atoms with Crippen molar-refractivity contribution in [3.63, 3.8) is 0 Å². The lowest BCUT2D eigenvalue weighted by Gasteiger charge is -2.22. The number of nitrogens with zero attached hydrogens (tertiary/aromatic N) is 9. The number of sulfonamides is 3. The summed E-state index contributed by atoms with van der Waals surface area (Å²) in [6.07, 6.45) is 4.42. The zero-order chi connectivity index (χ0) is 94.6. The van der Waals surface area contributed by atoms with Gasteiger partial charge in [-0.15, -0.1) is 0 Å². The molecule has 0 atom stereocenters. The number of hydrogen-bond acceptors (Lipinski definition) is 36. The van der Waals surface area contributed by atoms with Gasteiger partial charge in [-0.2, -0.15) is 12.9 Å². The number of carbonyl (C=O) groups is 6. The lowest BCUT2D eigenvalue weighted by Crippen LogP contribution is -2.38. The van der Waals surface area contributed by atoms with E-state index in [4.69, 9.17) is 59.8 Å². The summed E-state index contributed by atoms with van der Waals surface area (Å²) in [5, 5.41) is 17.7. The Kier molecular flexibility index (Phi) is 39.1. The van der Waals surface area contributed by atoms with E-state index in [9.17, 15) is 54.0 Å². The van der Waals surface area contributed by atoms with Gasteiger partial charge in [-0.05, 0) is 82.2 Å². The third kappa shape index (κ3) is 28.5. The van der Waals surface area contributed by atoms with E-state index in [2.05, 4.69) is 76.0 Å². The van der Waals surface area contributed by atoms with Gasteiger partial charge in [0.05, 0.1) is 174 Å². The molecule has 132 heavy (non-hydrogen) atoms. The summed E-state index contributed by atoms with van der Waals surface area (Å²) in [5.41, 5.74) is 24.0. The van der Waals surface area contributed by atoms with Gasteiger partial charge in [-0.25, -0.2) is 55.2 Å². The summed E-state index contributed by atoms with van der Waals surface area (Å²) in [5.74, 6) is -2.28. The van der Waals surface area contributed by atoms with Gasteiger partial charge in [-0.3, -0.25) is 28.8 Å². The molecule has 0 saturated carbocycles. The number of amides is 3. The van der Waals surface area contributed by atoms with E-state index in [1.165, 1.54) is 97.1 Å². The molecule has 0 saturated heterocycles. The molecule has 3 aromatic heterocycles. The molecule has 3 amide bonds. The van der Waals surface area contributed by atoms with E-state index in [1.807, 2.05) is 25.2 Å². The average Bonchev–Trinajstić information content (AvgIpc) is 0.800. The van der Waals surface area contributed by atoms with Gasteiger partial charge >= 0.3 is 17.9 Å². The minimum atomic E-state index is -4.09. The predicted molar refractivity (Wildman–Crippen MR) is 485 cm³/mol. The molecule has 45 heteroatoms. The molecule has 0 spiro atoms. The summed E-state index contributed by atoms with van der Waals surface area (Å²) < 4.78 is 150. The highest BCUT2D eigenvalue weighted by molar-refractivity contribution is 7.89. The maximum Gasteiger partial charge on any atom is 0.321 e. The van der Waals surface area contributed by atoms with Crippen LogP contribution in [0.4, 0.5) is 34.5 Å². The first-order valence-corrected chi connectivity index (χ1v) is 46.0. The molecule has 15 rings (SSSR count). The second-order valence-electron chi connectivity index (χ2n) is 28.8. The maximum absolute atomic E-state index is 13.6. The first kappa shape index (κ1) is 102. The van der Waals surface area contributed by atoms with Gasteiger partial charge in [0.2, 0.25) is 30.1 Å². The number of nitrogens with one attached hydrogen (secondary N) is 6. The summed E-state index contributed by atoms with van der Waals surface area (Å²) in [6.45, 7) is 3.88. The molecule has 0 aliphatic carbocycles. The summed E-state index contributed by atoms with van der Waals surface area (Å²) in [7, 11) is -2.91. The van der Waals surface area contributed by atoms with Crippen LogP contribution in [0.5, 0.6) is 17.2 Å². The van der Waals surface area contributed by atoms with Crippen molar-refractivity contribution in [3.05, 3.63) is 180 Å². The fourth-order valence-electron chi connectivity index (χ4n) is 13.1. The zero-order valence-corrected chi connectivity index (χ0v) is 76.2. The minimum Gasteiger partial charge on any atom is -0.489 e. The topological polar surface area (TPSA) is 553 Å². The van der Waals surface area contributed by atoms with Gasteiger partial charge < -0.3 is 106 Å². The van der Waals surface area contributed by atoms with Crippen molar-refractivity contribution in [2.75, 3.05) is 214 Å². The quantitative estimate of drug-likeness (QED) is 0.0369. The van der Waals surface area contributed by atoms with E-state index in [-0.39, 0.29) is 200 Å². The number of para-hydroxylation sites is 3. The van der Waals surface area contributed by atoms with Crippen LogP contribution in [-0.4, -0.2) is 285 Å². The first-order chi connectivity index (χ1) is 63.7. The number of nitrogen functional groups attached to an aromatic ring is 3. The van der Waals surface area contributed by atoms with Gasteiger partial charge in [0, 0.05) is 92.2 Å². The first-order valence-electron chi connectivity index (χ1n) is 41.7. The molecule has 0 radical (unpaired) electrons. The molecule has 708 valence electrons. The molecular formula is C87H108N18O24S3. The number of aromatic nitrogens is 6. The number of carbonyl (C=O) groups excluding carboxylic acids is 6. The molecule has 0 unspecified atom stereocenters. The van der Waals surface area contributed by atoms with E-state index in [0.717, 1.165) is 21.0 Å². The van der Waals surface area contributed by atoms with Crippen molar-refractivity contribution in [3.8, 4) is 51.0 Å². The van der Waals surface area contributed by atoms with Gasteiger partial charge in [0.25, 0.3) is 17.7 Å². The number of anilines is 6. The average molecular weight is 1890 g/mol. The SMILES string of the molecule is CNCc1cccc2c1OCCOCCOCCN(CC(=O)OC)S(=O)(=O)c1ccc(cc1)-c1cnc(N)c(n1)C(=O)N2.CNCc1cccc2c1OCCOCCOCCN(CCC(=O)OC)S(=O)(=O)c1ccc(cc1)-c1cnc(N)c(n1)C(=O)N2.CNCc1cccc2c1OCCOCCOCCN(CCCC(=O)OC)S(=O)(=O)c1ccc(cc1)-c1cnc(N)c(n1)C(=O)N2. The molecular weight excluding hydrogens is 1780 g/mol. The van der Waals surface area contributed by atoms with Crippen molar-refractivity contribution in [1.29, 1.82) is 0 Å². The predicted octanol–water partition coefficient (Wildman–Crippen LogP) is 5.03. The molecule has 0 fully saturated rings. The van der Waals surface area contributed by atoms with Crippen molar-refractivity contribution >= 4 is 100 Å². The molecule has 42 nitrogen and oxygen atoms in total. The van der Waals surface area contributed by atoms with Crippen LogP contribution in [0, 0.1) is 0 Å². The van der Waals surface area contributed by atoms with E-state index >= 15 is 0 Å². The summed E-state index contributed by atoms with van der Waals surface area (Å²) in [6, 6.07) is 34.0. The normalized spacial score (nSPS) is 16.5. The summed E-state index contributed by atoms with van der Waals surface area (Å²) >= 11 is 0. The second kappa shape index (κ2) is 50.8. The Labute approximate surface area is 764 Å². The van der Waals surface area contributed by atoms with E-state index in [1.54, 1.807) is 74.8 Å². The Bertz CT molecular complexity index is 5760. The number of fused-ring (bicyclic) bond motifs is 39. The monoisotopic (exact) mass is 1880 g/mol. The van der Waals surface area contributed by atoms with Gasteiger partial charge in [-0.1, -0.05) is 72.8 Å². The van der Waals surface area contributed by atoms with E-state index < -0.39 is 72.2 Å². The largest absolute Gasteiger partial charge is 0.489 e. The van der Waals surface area contributed by atoms with Crippen LogP contribution in [0.1, 0.15) is 67.4 Å². The highest BCUT2D eigenvalue weighted by atomic mass is 32.2. The number of hydrogen-bond donors (Lipinski definition) is 9. The third-order valence-corrected chi connectivity index (χ3v) is 25.6. The van der Waals surface area contributed by atoms with Crippen molar-refractivity contribution in [1.82, 2.24) is 58.8 Å². The highest BCUT2D eigenvalue weighted by Crippen LogP contribution is 2.35. The Morgan fingerprint density at radius 2 is 0.667 bits per heavy atom. The number of esters is 3. The van der Waals surface area contributed by atoms with Gasteiger partial charge in [0.15, 0.2) is 34.5 Å². The third-order valence-electron chi connectivity index (χ3n) is 19.9. The number of ether oxygens (including phenoxy) is 12. The van der Waals surface area contributed by atoms with Crippen LogP contribution in [0.15, 0.2) is 161 Å². The van der Waals surface area contributed by atoms with Crippen molar-refractivity contribution in [2.24, 2.45) is 0 Å². The Morgan fingerprint density at radius 1 is 0.379 bits per heavy atom. The van der Waals surface area contributed by atoms with Crippen molar-refractivity contribution in [2.45, 2.75) is 53.6 Å². The highest BCUT2D eigenvalue weighted by Gasteiger charge is 2.32. The molecule has 12 N–H and O–H groups in total. The molecule has 6 aromatic carbocycles. The lowest BCUT2D eigenvalue weighted by atomic mass is 10.1. The van der Waals surface area contributed by atoms with Crippen LogP contribution >= 0.6 is 0 Å². The zero-order valence-electron chi connectivity index (χ0n) is 73.7. The number of benzene rings is 6. The number of methoxy groups -OCH3 is 3. The Morgan fingerprint density at radius 3 is 0.985 bits per heavy atom. The fourth-order valence-corrected chi connectivity index (χ4v) is 17.4. The second-order valence-corrected chi connectivity index (χ2v) is 34.6. The lowest BCUT2D eigenvalue weighted by molar-refractivity contribution is -0.141. The smallest absolute Gasteiger partial charge is 0.321 e.